The van der Waals surface area contributed by atoms with Crippen LogP contribution in [0.1, 0.15) is 60.7 Å². The average molecular weight is 590 g/mol. The number of likely N-dealkylation sites (N-methyl/N-ethyl adjacent to an activating group) is 1. The molecular weight excluding hydrogens is 546 g/mol. The van der Waals surface area contributed by atoms with Gasteiger partial charge in [0.1, 0.15) is 5.75 Å². The Morgan fingerprint density at radius 1 is 1.17 bits per heavy atom. The summed E-state index contributed by atoms with van der Waals surface area (Å²) in [6.07, 6.45) is 2.83. The third-order valence-corrected chi connectivity index (χ3v) is 7.78. The molecule has 0 aromatic heterocycles. The molecule has 0 aliphatic carbocycles. The Balaban J connectivity index is 1.95. The molecule has 0 spiro atoms. The van der Waals surface area contributed by atoms with Crippen molar-refractivity contribution in [2.75, 3.05) is 44.3 Å². The zero-order chi connectivity index (χ0) is 30.2. The highest BCUT2D eigenvalue weighted by Gasteiger charge is 2.31. The summed E-state index contributed by atoms with van der Waals surface area (Å²) in [6.45, 7) is 6.41. The Bertz CT molecular complexity index is 1270. The molecule has 0 saturated heterocycles. The molecule has 226 valence electrons. The molecule has 11 heteroatoms. The van der Waals surface area contributed by atoms with E-state index in [2.05, 4.69) is 4.72 Å². The van der Waals surface area contributed by atoms with Crippen molar-refractivity contribution in [3.05, 3.63) is 59.7 Å². The molecule has 1 aliphatic heterocycles. The van der Waals surface area contributed by atoms with Crippen molar-refractivity contribution >= 4 is 27.5 Å². The number of anilines is 1. The molecule has 2 aromatic rings. The van der Waals surface area contributed by atoms with Crippen LogP contribution in [0.4, 0.5) is 5.69 Å². The summed E-state index contributed by atoms with van der Waals surface area (Å²) < 4.78 is 38.7. The monoisotopic (exact) mass is 589 g/mol. The summed E-state index contributed by atoms with van der Waals surface area (Å²) in [5.74, 6) is -0.379. The maximum absolute atomic E-state index is 14.1. The van der Waals surface area contributed by atoms with Gasteiger partial charge in [-0.05, 0) is 63.4 Å². The highest BCUT2D eigenvalue weighted by atomic mass is 32.2. The first-order valence-electron chi connectivity index (χ1n) is 14.0. The lowest BCUT2D eigenvalue weighted by atomic mass is 10.0. The number of nitrogens with one attached hydrogen (secondary N) is 1. The second-order valence-electron chi connectivity index (χ2n) is 10.9. The number of benzene rings is 2. The van der Waals surface area contributed by atoms with E-state index in [0.29, 0.717) is 24.5 Å². The van der Waals surface area contributed by atoms with Crippen molar-refractivity contribution in [3.63, 3.8) is 0 Å². The molecule has 0 radical (unpaired) electrons. The summed E-state index contributed by atoms with van der Waals surface area (Å²) in [4.78, 5) is 30.3. The van der Waals surface area contributed by atoms with E-state index in [1.807, 2.05) is 32.0 Å². The molecule has 2 N–H and O–H groups in total. The van der Waals surface area contributed by atoms with Crippen molar-refractivity contribution in [2.45, 2.75) is 58.3 Å². The van der Waals surface area contributed by atoms with Gasteiger partial charge in [0.15, 0.2) is 0 Å². The van der Waals surface area contributed by atoms with Gasteiger partial charge in [-0.3, -0.25) is 14.3 Å². The number of amides is 2. The fourth-order valence-electron chi connectivity index (χ4n) is 4.82. The van der Waals surface area contributed by atoms with Crippen molar-refractivity contribution in [1.29, 1.82) is 0 Å². The SMILES string of the molecule is C[C@@H]1CCCCO[C@@H](CN(C)C(=O)c2ccccc2)[C@@H](C)CN([C@H](C)CO)C(=O)c2cc(NS(C)(=O)=O)ccc2O1. The number of carbonyl (C=O) groups excluding carboxylic acids is 2. The van der Waals surface area contributed by atoms with Crippen LogP contribution < -0.4 is 9.46 Å². The van der Waals surface area contributed by atoms with Crippen molar-refractivity contribution in [3.8, 4) is 5.75 Å². The molecule has 2 amide bonds. The lowest BCUT2D eigenvalue weighted by Gasteiger charge is -2.36. The lowest BCUT2D eigenvalue weighted by Crippen LogP contribution is -2.48. The number of aliphatic hydroxyl groups is 1. The van der Waals surface area contributed by atoms with Crippen LogP contribution in [0.15, 0.2) is 48.5 Å². The predicted octanol–water partition coefficient (Wildman–Crippen LogP) is 3.63. The lowest BCUT2D eigenvalue weighted by molar-refractivity contribution is -0.0149. The van der Waals surface area contributed by atoms with Crippen LogP contribution in [-0.2, 0) is 14.8 Å². The van der Waals surface area contributed by atoms with Crippen LogP contribution in [0.25, 0.3) is 0 Å². The molecule has 10 nitrogen and oxygen atoms in total. The number of aliphatic hydroxyl groups excluding tert-OH is 1. The van der Waals surface area contributed by atoms with Gasteiger partial charge in [0.05, 0.1) is 36.7 Å². The zero-order valence-electron chi connectivity index (χ0n) is 24.6. The average Bonchev–Trinajstić information content (AvgIpc) is 2.93. The molecule has 4 atom stereocenters. The Kier molecular flexibility index (Phi) is 11.6. The first kappa shape index (κ1) is 32.4. The van der Waals surface area contributed by atoms with Gasteiger partial charge in [-0.25, -0.2) is 8.42 Å². The zero-order valence-corrected chi connectivity index (χ0v) is 25.4. The van der Waals surface area contributed by atoms with E-state index < -0.39 is 22.0 Å². The minimum absolute atomic E-state index is 0.122. The standard InChI is InChI=1S/C30H43N3O7S/c1-21-18-33(22(2)20-34)30(36)26-17-25(31-41(5,37)38)14-15-27(26)40-23(3)11-9-10-16-39-28(21)19-32(4)29(35)24-12-7-6-8-13-24/h6-8,12-15,17,21-23,28,31,34H,9-11,16,18-20H2,1-5H3/t21-,22+,23+,28-/m0/s1. The normalized spacial score (nSPS) is 21.7. The molecule has 41 heavy (non-hydrogen) atoms. The summed E-state index contributed by atoms with van der Waals surface area (Å²) in [7, 11) is -1.84. The summed E-state index contributed by atoms with van der Waals surface area (Å²) in [5.41, 5.74) is 1.02. The van der Waals surface area contributed by atoms with Crippen LogP contribution in [0, 0.1) is 5.92 Å². The molecule has 0 saturated carbocycles. The summed E-state index contributed by atoms with van der Waals surface area (Å²) in [6, 6.07) is 13.1. The minimum Gasteiger partial charge on any atom is -0.490 e. The molecular formula is C30H43N3O7S. The summed E-state index contributed by atoms with van der Waals surface area (Å²) >= 11 is 0. The number of hydrogen-bond acceptors (Lipinski definition) is 7. The Morgan fingerprint density at radius 3 is 2.54 bits per heavy atom. The van der Waals surface area contributed by atoms with E-state index >= 15 is 0 Å². The van der Waals surface area contributed by atoms with E-state index in [1.165, 1.54) is 6.07 Å². The molecule has 2 aromatic carbocycles. The largest absolute Gasteiger partial charge is 0.490 e. The van der Waals surface area contributed by atoms with Crippen LogP contribution in [0.3, 0.4) is 0 Å². The second-order valence-corrected chi connectivity index (χ2v) is 12.7. The number of nitrogens with zero attached hydrogens (tertiary/aromatic N) is 2. The van der Waals surface area contributed by atoms with Crippen molar-refractivity contribution < 1.29 is 32.6 Å². The van der Waals surface area contributed by atoms with Crippen molar-refractivity contribution in [2.24, 2.45) is 5.92 Å². The van der Waals surface area contributed by atoms with E-state index in [-0.39, 0.29) is 48.4 Å². The minimum atomic E-state index is -3.57. The Labute approximate surface area is 243 Å². The fraction of sp³-hybridized carbons (Fsp3) is 0.533. The Hall–Kier alpha value is -3.15. The topological polar surface area (TPSA) is 125 Å². The van der Waals surface area contributed by atoms with Gasteiger partial charge in [-0.15, -0.1) is 0 Å². The smallest absolute Gasteiger partial charge is 0.258 e. The number of fused-ring (bicyclic) bond motifs is 1. The maximum atomic E-state index is 14.1. The number of ether oxygens (including phenoxy) is 2. The first-order valence-corrected chi connectivity index (χ1v) is 15.9. The second kappa shape index (κ2) is 14.7. The first-order chi connectivity index (χ1) is 19.4. The molecule has 0 unspecified atom stereocenters. The number of sulfonamides is 1. The number of hydrogen-bond donors (Lipinski definition) is 2. The van der Waals surface area contributed by atoms with Gasteiger partial charge >= 0.3 is 0 Å². The fourth-order valence-corrected chi connectivity index (χ4v) is 5.37. The number of carbonyl (C=O) groups is 2. The molecule has 1 aliphatic rings. The molecule has 0 bridgehead atoms. The van der Waals surface area contributed by atoms with Crippen LogP contribution in [0.2, 0.25) is 0 Å². The van der Waals surface area contributed by atoms with Gasteiger partial charge in [0.25, 0.3) is 11.8 Å². The van der Waals surface area contributed by atoms with E-state index in [9.17, 15) is 23.1 Å². The van der Waals surface area contributed by atoms with E-state index in [0.717, 1.165) is 25.5 Å². The van der Waals surface area contributed by atoms with Crippen LogP contribution in [-0.4, -0.2) is 93.0 Å². The van der Waals surface area contributed by atoms with E-state index in [4.69, 9.17) is 9.47 Å². The Morgan fingerprint density at radius 2 is 1.88 bits per heavy atom. The van der Waals surface area contributed by atoms with Gasteiger partial charge in [0, 0.05) is 43.9 Å². The molecule has 1 heterocycles. The van der Waals surface area contributed by atoms with Gasteiger partial charge in [0.2, 0.25) is 10.0 Å². The third-order valence-electron chi connectivity index (χ3n) is 7.18. The quantitative estimate of drug-likeness (QED) is 0.505. The van der Waals surface area contributed by atoms with Crippen LogP contribution >= 0.6 is 0 Å². The maximum Gasteiger partial charge on any atom is 0.258 e. The predicted molar refractivity (Wildman–Crippen MR) is 159 cm³/mol. The third kappa shape index (κ3) is 9.44. The highest BCUT2D eigenvalue weighted by Crippen LogP contribution is 2.29. The van der Waals surface area contributed by atoms with Gasteiger partial charge in [-0.1, -0.05) is 25.1 Å². The summed E-state index contributed by atoms with van der Waals surface area (Å²) in [5, 5.41) is 10.1. The van der Waals surface area contributed by atoms with Gasteiger partial charge < -0.3 is 24.4 Å². The van der Waals surface area contributed by atoms with Gasteiger partial charge in [-0.2, -0.15) is 0 Å². The van der Waals surface area contributed by atoms with Crippen LogP contribution in [0.5, 0.6) is 5.75 Å². The van der Waals surface area contributed by atoms with Crippen molar-refractivity contribution in [1.82, 2.24) is 9.80 Å². The molecule has 0 fully saturated rings. The highest BCUT2D eigenvalue weighted by molar-refractivity contribution is 7.92. The van der Waals surface area contributed by atoms with E-state index in [1.54, 1.807) is 48.0 Å². The number of rotatable bonds is 7. The molecule has 3 rings (SSSR count).